The molecule has 1 aliphatic heterocycles. The highest BCUT2D eigenvalue weighted by Gasteiger charge is 2.43. The number of aryl methyl sites for hydroxylation is 1. The summed E-state index contributed by atoms with van der Waals surface area (Å²) in [5.74, 6) is 0.643. The summed E-state index contributed by atoms with van der Waals surface area (Å²) in [5, 5.41) is 8.41. The van der Waals surface area contributed by atoms with Crippen LogP contribution in [-0.4, -0.2) is 55.1 Å². The van der Waals surface area contributed by atoms with Gasteiger partial charge in [0.15, 0.2) is 11.6 Å². The molecule has 174 valence electrons. The van der Waals surface area contributed by atoms with Crippen LogP contribution in [0.15, 0.2) is 47.2 Å². The number of nitrogen functional groups attached to an aromatic ring is 1. The Kier molecular flexibility index (Phi) is 4.89. The first-order chi connectivity index (χ1) is 16.2. The monoisotopic (exact) mass is 459 g/mol. The van der Waals surface area contributed by atoms with Gasteiger partial charge in [-0.2, -0.15) is 5.10 Å². The Hall–Kier alpha value is -4.21. The van der Waals surface area contributed by atoms with Crippen molar-refractivity contribution < 1.29 is 14.1 Å². The van der Waals surface area contributed by atoms with Crippen molar-refractivity contribution in [2.45, 2.75) is 33.2 Å². The van der Waals surface area contributed by atoms with Gasteiger partial charge in [0.05, 0.1) is 17.0 Å². The molecule has 34 heavy (non-hydrogen) atoms. The van der Waals surface area contributed by atoms with E-state index < -0.39 is 5.54 Å². The lowest BCUT2D eigenvalue weighted by Crippen LogP contribution is -2.64. The fraction of sp³-hybridized carbons (Fsp3) is 0.292. The topological polar surface area (TPSA) is 123 Å². The van der Waals surface area contributed by atoms with Crippen molar-refractivity contribution in [1.82, 2.24) is 24.7 Å². The van der Waals surface area contributed by atoms with Crippen molar-refractivity contribution in [2.75, 3.05) is 23.7 Å². The van der Waals surface area contributed by atoms with E-state index in [0.29, 0.717) is 30.2 Å². The van der Waals surface area contributed by atoms with Crippen LogP contribution < -0.4 is 10.6 Å². The van der Waals surface area contributed by atoms with E-state index in [2.05, 4.69) is 15.2 Å². The first-order valence-electron chi connectivity index (χ1n) is 10.9. The summed E-state index contributed by atoms with van der Waals surface area (Å²) >= 11 is 0. The molecule has 0 saturated carbocycles. The molecule has 0 atom stereocenters. The van der Waals surface area contributed by atoms with E-state index >= 15 is 0 Å². The molecule has 0 unspecified atom stereocenters. The minimum Gasteiger partial charge on any atom is -0.382 e. The molecule has 5 rings (SSSR count). The Bertz CT molecular complexity index is 1440. The second-order valence-corrected chi connectivity index (χ2v) is 8.92. The number of carbonyl (C=O) groups is 2. The number of nitrogens with zero attached hydrogens (tertiary/aromatic N) is 6. The number of hydrogen-bond donors (Lipinski definition) is 1. The van der Waals surface area contributed by atoms with Crippen molar-refractivity contribution in [3.63, 3.8) is 0 Å². The van der Waals surface area contributed by atoms with Gasteiger partial charge in [0, 0.05) is 37.3 Å². The molecule has 10 heteroatoms. The summed E-state index contributed by atoms with van der Waals surface area (Å²) in [4.78, 5) is 32.8. The third kappa shape index (κ3) is 3.30. The Morgan fingerprint density at radius 3 is 2.68 bits per heavy atom. The minimum atomic E-state index is -0.930. The van der Waals surface area contributed by atoms with Crippen LogP contribution in [-0.2, 0) is 9.59 Å². The van der Waals surface area contributed by atoms with E-state index in [-0.39, 0.29) is 11.8 Å². The van der Waals surface area contributed by atoms with Crippen LogP contribution in [0.1, 0.15) is 26.5 Å². The smallest absolute Gasteiger partial charge is 0.252 e. The summed E-state index contributed by atoms with van der Waals surface area (Å²) in [6, 6.07) is 11.4. The quantitative estimate of drug-likeness (QED) is 0.500. The molecule has 0 aliphatic carbocycles. The number of fused-ring (bicyclic) bond motifs is 1. The highest BCUT2D eigenvalue weighted by molar-refractivity contribution is 6.03. The normalized spacial score (nSPS) is 15.8. The van der Waals surface area contributed by atoms with Gasteiger partial charge in [-0.25, -0.2) is 9.50 Å². The second-order valence-electron chi connectivity index (χ2n) is 8.92. The van der Waals surface area contributed by atoms with Crippen LogP contribution in [0.3, 0.4) is 0 Å². The van der Waals surface area contributed by atoms with Gasteiger partial charge in [-0.1, -0.05) is 17.3 Å². The van der Waals surface area contributed by atoms with Gasteiger partial charge in [0.1, 0.15) is 17.4 Å². The van der Waals surface area contributed by atoms with E-state index in [1.807, 2.05) is 43.3 Å². The average molecular weight is 460 g/mol. The maximum Gasteiger partial charge on any atom is 0.252 e. The van der Waals surface area contributed by atoms with E-state index in [1.54, 1.807) is 28.2 Å². The number of anilines is 2. The number of aromatic nitrogens is 4. The molecule has 1 saturated heterocycles. The Morgan fingerprint density at radius 1 is 1.18 bits per heavy atom. The van der Waals surface area contributed by atoms with Crippen molar-refractivity contribution in [1.29, 1.82) is 0 Å². The van der Waals surface area contributed by atoms with Crippen LogP contribution in [0.2, 0.25) is 0 Å². The van der Waals surface area contributed by atoms with E-state index in [1.165, 1.54) is 13.3 Å². The summed E-state index contributed by atoms with van der Waals surface area (Å²) in [6.45, 7) is 7.77. The first-order valence-corrected chi connectivity index (χ1v) is 10.9. The lowest BCUT2D eigenvalue weighted by atomic mass is 9.96. The number of hydrogen-bond acceptors (Lipinski definition) is 7. The van der Waals surface area contributed by atoms with Crippen molar-refractivity contribution in [2.24, 2.45) is 0 Å². The molecule has 1 fully saturated rings. The Balaban J connectivity index is 1.60. The van der Waals surface area contributed by atoms with Gasteiger partial charge in [-0.3, -0.25) is 9.59 Å². The number of rotatable bonds is 3. The molecule has 0 spiro atoms. The zero-order valence-corrected chi connectivity index (χ0v) is 19.4. The zero-order chi connectivity index (χ0) is 24.2. The van der Waals surface area contributed by atoms with Crippen LogP contribution in [0.25, 0.3) is 28.1 Å². The van der Waals surface area contributed by atoms with Crippen molar-refractivity contribution in [3.8, 4) is 22.6 Å². The predicted octanol–water partition coefficient (Wildman–Crippen LogP) is 2.92. The number of carbonyl (C=O) groups excluding carboxylic acids is 2. The van der Waals surface area contributed by atoms with Gasteiger partial charge in [-0.15, -0.1) is 0 Å². The van der Waals surface area contributed by atoms with Crippen LogP contribution >= 0.6 is 0 Å². The molecular weight excluding hydrogens is 434 g/mol. The summed E-state index contributed by atoms with van der Waals surface area (Å²) in [7, 11) is 0. The maximum absolute atomic E-state index is 13.3. The third-order valence-electron chi connectivity index (χ3n) is 6.30. The first kappa shape index (κ1) is 21.6. The van der Waals surface area contributed by atoms with Crippen molar-refractivity contribution >= 4 is 28.8 Å². The predicted molar refractivity (Wildman–Crippen MR) is 127 cm³/mol. The fourth-order valence-electron chi connectivity index (χ4n) is 4.61. The standard InChI is InChI=1S/C24H25N7O3/c1-14-10-20(34-28-14)18-12-19(31-21(18)22(25)26-13-27-31)16-6-5-7-17(11-16)29-8-9-30(15(2)32)24(3,4)23(29)33/h5-7,10-13H,8-9H2,1-4H3,(H2,25,26,27). The van der Waals surface area contributed by atoms with Crippen LogP contribution in [0.4, 0.5) is 11.5 Å². The van der Waals surface area contributed by atoms with Gasteiger partial charge in [-0.05, 0) is 39.0 Å². The molecule has 0 radical (unpaired) electrons. The molecular formula is C24H25N7O3. The molecule has 1 aliphatic rings. The molecule has 3 aromatic heterocycles. The van der Waals surface area contributed by atoms with Gasteiger partial charge < -0.3 is 20.1 Å². The SMILES string of the molecule is CC(=O)N1CCN(c2cccc(-c3cc(-c4cc(C)no4)c4c(N)ncnn34)c2)C(=O)C1(C)C. The van der Waals surface area contributed by atoms with E-state index in [0.717, 1.165) is 28.2 Å². The summed E-state index contributed by atoms with van der Waals surface area (Å²) < 4.78 is 7.20. The summed E-state index contributed by atoms with van der Waals surface area (Å²) in [6.07, 6.45) is 1.40. The highest BCUT2D eigenvalue weighted by atomic mass is 16.5. The zero-order valence-electron chi connectivity index (χ0n) is 19.4. The molecule has 2 amide bonds. The average Bonchev–Trinajstić information content (AvgIpc) is 3.40. The molecule has 10 nitrogen and oxygen atoms in total. The number of benzene rings is 1. The largest absolute Gasteiger partial charge is 0.382 e. The lowest BCUT2D eigenvalue weighted by Gasteiger charge is -2.45. The molecule has 2 N–H and O–H groups in total. The number of nitrogens with two attached hydrogens (primary N) is 1. The Morgan fingerprint density at radius 2 is 1.97 bits per heavy atom. The molecule has 4 aromatic rings. The molecule has 4 heterocycles. The third-order valence-corrected chi connectivity index (χ3v) is 6.30. The fourth-order valence-corrected chi connectivity index (χ4v) is 4.61. The van der Waals surface area contributed by atoms with Crippen LogP contribution in [0.5, 0.6) is 0 Å². The van der Waals surface area contributed by atoms with E-state index in [4.69, 9.17) is 10.3 Å². The van der Waals surface area contributed by atoms with Gasteiger partial charge in [0.25, 0.3) is 5.91 Å². The minimum absolute atomic E-state index is 0.112. The summed E-state index contributed by atoms with van der Waals surface area (Å²) in [5.41, 5.74) is 9.72. The maximum atomic E-state index is 13.3. The highest BCUT2D eigenvalue weighted by Crippen LogP contribution is 2.36. The number of amides is 2. The van der Waals surface area contributed by atoms with Crippen molar-refractivity contribution in [3.05, 3.63) is 48.4 Å². The molecule has 0 bridgehead atoms. The lowest BCUT2D eigenvalue weighted by molar-refractivity contribution is -0.145. The van der Waals surface area contributed by atoms with Gasteiger partial charge in [0.2, 0.25) is 5.91 Å². The van der Waals surface area contributed by atoms with Crippen LogP contribution in [0, 0.1) is 6.92 Å². The number of piperazine rings is 1. The second kappa shape index (κ2) is 7.68. The Labute approximate surface area is 195 Å². The van der Waals surface area contributed by atoms with Gasteiger partial charge >= 0.3 is 0 Å². The molecule has 1 aromatic carbocycles. The van der Waals surface area contributed by atoms with E-state index in [9.17, 15) is 9.59 Å².